The quantitative estimate of drug-likeness (QED) is 0.760. The standard InChI is InChI=1S/C19H25N3O2S2/c1-13-9-10-16(11-14(13)2)15(3)20-19(25)21-17-7-6-8-18(12-17)22(4)26(5,23)24/h6-12,15H,1-5H3,(H2,20,21,25)/t15-/m1/s1. The second kappa shape index (κ2) is 8.05. The van der Waals surface area contributed by atoms with Crippen LogP contribution < -0.4 is 14.9 Å². The molecule has 0 amide bonds. The molecule has 26 heavy (non-hydrogen) atoms. The fraction of sp³-hybridized carbons (Fsp3) is 0.316. The second-order valence-corrected chi connectivity index (χ2v) is 8.87. The first-order valence-corrected chi connectivity index (χ1v) is 10.5. The van der Waals surface area contributed by atoms with Gasteiger partial charge in [-0.25, -0.2) is 8.42 Å². The van der Waals surface area contributed by atoms with Crippen molar-refractivity contribution in [3.05, 3.63) is 59.2 Å². The molecule has 0 aliphatic heterocycles. The molecule has 2 aromatic rings. The van der Waals surface area contributed by atoms with Crippen molar-refractivity contribution in [3.63, 3.8) is 0 Å². The number of nitrogens with zero attached hydrogens (tertiary/aromatic N) is 1. The minimum atomic E-state index is -3.31. The summed E-state index contributed by atoms with van der Waals surface area (Å²) in [6, 6.07) is 13.5. The van der Waals surface area contributed by atoms with Crippen LogP contribution in [0.5, 0.6) is 0 Å². The van der Waals surface area contributed by atoms with Crippen molar-refractivity contribution in [1.29, 1.82) is 0 Å². The Bertz CT molecular complexity index is 911. The maximum atomic E-state index is 11.7. The lowest BCUT2D eigenvalue weighted by Crippen LogP contribution is -2.31. The van der Waals surface area contributed by atoms with Crippen LogP contribution in [0.1, 0.15) is 29.7 Å². The third-order valence-electron chi connectivity index (χ3n) is 4.34. The Morgan fingerprint density at radius 1 is 1.12 bits per heavy atom. The maximum absolute atomic E-state index is 11.7. The van der Waals surface area contributed by atoms with Gasteiger partial charge in [0.25, 0.3) is 0 Å². The highest BCUT2D eigenvalue weighted by Gasteiger charge is 2.13. The summed E-state index contributed by atoms with van der Waals surface area (Å²) >= 11 is 5.40. The Kier molecular flexibility index (Phi) is 6.26. The molecule has 0 aliphatic carbocycles. The van der Waals surface area contributed by atoms with Crippen molar-refractivity contribution >= 4 is 38.7 Å². The molecule has 2 rings (SSSR count). The maximum Gasteiger partial charge on any atom is 0.231 e. The molecule has 0 saturated heterocycles. The van der Waals surface area contributed by atoms with Gasteiger partial charge in [0, 0.05) is 12.7 Å². The molecule has 140 valence electrons. The number of benzene rings is 2. The molecule has 0 bridgehead atoms. The van der Waals surface area contributed by atoms with Gasteiger partial charge in [0.2, 0.25) is 10.0 Å². The SMILES string of the molecule is Cc1ccc([C@@H](C)NC(=S)Nc2cccc(N(C)S(C)(=O)=O)c2)cc1C. The van der Waals surface area contributed by atoms with Gasteiger partial charge in [0.1, 0.15) is 0 Å². The van der Waals surface area contributed by atoms with E-state index in [-0.39, 0.29) is 6.04 Å². The zero-order valence-electron chi connectivity index (χ0n) is 15.7. The summed E-state index contributed by atoms with van der Waals surface area (Å²) in [7, 11) is -1.79. The molecule has 0 saturated carbocycles. The van der Waals surface area contributed by atoms with Gasteiger partial charge in [0.05, 0.1) is 18.0 Å². The van der Waals surface area contributed by atoms with Gasteiger partial charge in [-0.3, -0.25) is 4.31 Å². The van der Waals surface area contributed by atoms with E-state index in [1.165, 1.54) is 28.7 Å². The first-order valence-electron chi connectivity index (χ1n) is 8.26. The largest absolute Gasteiger partial charge is 0.356 e. The Morgan fingerprint density at radius 3 is 2.42 bits per heavy atom. The van der Waals surface area contributed by atoms with E-state index in [0.29, 0.717) is 10.8 Å². The number of hydrogen-bond acceptors (Lipinski definition) is 3. The molecule has 0 radical (unpaired) electrons. The summed E-state index contributed by atoms with van der Waals surface area (Å²) in [4.78, 5) is 0. The minimum Gasteiger partial charge on any atom is -0.356 e. The predicted molar refractivity (Wildman–Crippen MR) is 113 cm³/mol. The molecule has 7 heteroatoms. The summed E-state index contributed by atoms with van der Waals surface area (Å²) in [5, 5.41) is 6.85. The zero-order chi connectivity index (χ0) is 19.5. The monoisotopic (exact) mass is 391 g/mol. The molecule has 0 spiro atoms. The van der Waals surface area contributed by atoms with E-state index in [0.717, 1.165) is 11.3 Å². The minimum absolute atomic E-state index is 0.0520. The molecule has 1 atom stereocenters. The van der Waals surface area contributed by atoms with Gasteiger partial charge >= 0.3 is 0 Å². The number of rotatable bonds is 5. The number of hydrogen-bond donors (Lipinski definition) is 2. The molecule has 2 aromatic carbocycles. The van der Waals surface area contributed by atoms with Crippen LogP contribution in [0.4, 0.5) is 11.4 Å². The van der Waals surface area contributed by atoms with Crippen molar-refractivity contribution in [2.45, 2.75) is 26.8 Å². The highest BCUT2D eigenvalue weighted by molar-refractivity contribution is 7.92. The van der Waals surface area contributed by atoms with Crippen LogP contribution in [0, 0.1) is 13.8 Å². The molecule has 5 nitrogen and oxygen atoms in total. The van der Waals surface area contributed by atoms with E-state index in [2.05, 4.69) is 42.7 Å². The summed E-state index contributed by atoms with van der Waals surface area (Å²) < 4.78 is 24.6. The highest BCUT2D eigenvalue weighted by Crippen LogP contribution is 2.21. The fourth-order valence-corrected chi connectivity index (χ4v) is 3.24. The Labute approximate surface area is 161 Å². The number of sulfonamides is 1. The van der Waals surface area contributed by atoms with Gasteiger partial charge in [0.15, 0.2) is 5.11 Å². The average molecular weight is 392 g/mol. The lowest BCUT2D eigenvalue weighted by Gasteiger charge is -2.20. The third-order valence-corrected chi connectivity index (χ3v) is 5.77. The second-order valence-electron chi connectivity index (χ2n) is 6.44. The van der Waals surface area contributed by atoms with E-state index in [1.54, 1.807) is 18.2 Å². The Morgan fingerprint density at radius 2 is 1.81 bits per heavy atom. The predicted octanol–water partition coefficient (Wildman–Crippen LogP) is 3.75. The van der Waals surface area contributed by atoms with Crippen molar-refractivity contribution in [2.24, 2.45) is 0 Å². The van der Waals surface area contributed by atoms with Crippen molar-refractivity contribution in [1.82, 2.24) is 5.32 Å². The highest BCUT2D eigenvalue weighted by atomic mass is 32.2. The molecule has 0 fully saturated rings. The van der Waals surface area contributed by atoms with Crippen molar-refractivity contribution in [2.75, 3.05) is 22.9 Å². The third kappa shape index (κ3) is 5.19. The lowest BCUT2D eigenvalue weighted by molar-refractivity contribution is 0.600. The first-order chi connectivity index (χ1) is 12.1. The smallest absolute Gasteiger partial charge is 0.231 e. The van der Waals surface area contributed by atoms with Crippen LogP contribution in [0.25, 0.3) is 0 Å². The summed E-state index contributed by atoms with van der Waals surface area (Å²) in [6.45, 7) is 6.22. The summed E-state index contributed by atoms with van der Waals surface area (Å²) in [5.41, 5.74) is 4.95. The van der Waals surface area contributed by atoms with Crippen LogP contribution in [0.15, 0.2) is 42.5 Å². The van der Waals surface area contributed by atoms with E-state index < -0.39 is 10.0 Å². The van der Waals surface area contributed by atoms with Crippen molar-refractivity contribution in [3.8, 4) is 0 Å². The Hall–Kier alpha value is -2.12. The molecule has 0 aliphatic rings. The number of nitrogens with one attached hydrogen (secondary N) is 2. The van der Waals surface area contributed by atoms with Gasteiger partial charge < -0.3 is 10.6 Å². The number of anilines is 2. The number of thiocarbonyl (C=S) groups is 1. The van der Waals surface area contributed by atoms with Crippen LogP contribution in [0.2, 0.25) is 0 Å². The van der Waals surface area contributed by atoms with E-state index in [4.69, 9.17) is 12.2 Å². The zero-order valence-corrected chi connectivity index (χ0v) is 17.3. The van der Waals surface area contributed by atoms with Crippen LogP contribution in [-0.2, 0) is 10.0 Å². The molecule has 0 heterocycles. The number of aryl methyl sites for hydroxylation is 2. The molecular formula is C19H25N3O2S2. The van der Waals surface area contributed by atoms with E-state index in [9.17, 15) is 8.42 Å². The summed E-state index contributed by atoms with van der Waals surface area (Å²) in [5.74, 6) is 0. The van der Waals surface area contributed by atoms with Gasteiger partial charge in [-0.2, -0.15) is 0 Å². The van der Waals surface area contributed by atoms with E-state index >= 15 is 0 Å². The molecule has 0 unspecified atom stereocenters. The van der Waals surface area contributed by atoms with Gasteiger partial charge in [-0.1, -0.05) is 24.3 Å². The molecular weight excluding hydrogens is 366 g/mol. The topological polar surface area (TPSA) is 61.4 Å². The first kappa shape index (κ1) is 20.2. The van der Waals surface area contributed by atoms with Gasteiger partial charge in [-0.15, -0.1) is 0 Å². The average Bonchev–Trinajstić information content (AvgIpc) is 2.55. The van der Waals surface area contributed by atoms with Crippen LogP contribution >= 0.6 is 12.2 Å². The van der Waals surface area contributed by atoms with Crippen LogP contribution in [-0.4, -0.2) is 26.8 Å². The van der Waals surface area contributed by atoms with Gasteiger partial charge in [-0.05, 0) is 67.9 Å². The molecule has 2 N–H and O–H groups in total. The van der Waals surface area contributed by atoms with Crippen LogP contribution in [0.3, 0.4) is 0 Å². The fourth-order valence-electron chi connectivity index (χ4n) is 2.45. The lowest BCUT2D eigenvalue weighted by atomic mass is 10.0. The summed E-state index contributed by atoms with van der Waals surface area (Å²) in [6.07, 6.45) is 1.17. The normalized spacial score (nSPS) is 12.3. The van der Waals surface area contributed by atoms with Crippen molar-refractivity contribution < 1.29 is 8.42 Å². The van der Waals surface area contributed by atoms with E-state index in [1.807, 2.05) is 13.0 Å². The molecule has 0 aromatic heterocycles. The Balaban J connectivity index is 2.06.